The van der Waals surface area contributed by atoms with Crippen molar-refractivity contribution < 1.29 is 13.2 Å². The van der Waals surface area contributed by atoms with Crippen molar-refractivity contribution in [1.29, 1.82) is 0 Å². The highest BCUT2D eigenvalue weighted by molar-refractivity contribution is 5.63. The van der Waals surface area contributed by atoms with Crippen molar-refractivity contribution in [2.24, 2.45) is 5.73 Å². The normalized spacial score (nSPS) is 17.4. The molecule has 2 heterocycles. The summed E-state index contributed by atoms with van der Waals surface area (Å²) in [5.41, 5.74) is 12.0. The molecule has 1 saturated heterocycles. The summed E-state index contributed by atoms with van der Waals surface area (Å²) in [5, 5.41) is 2.90. The van der Waals surface area contributed by atoms with E-state index in [9.17, 15) is 13.2 Å². The third kappa shape index (κ3) is 5.72. The average Bonchev–Trinajstić information content (AvgIpc) is 2.65. The van der Waals surface area contributed by atoms with Crippen LogP contribution >= 0.6 is 0 Å². The zero-order valence-corrected chi connectivity index (χ0v) is 16.5. The second-order valence-electron chi connectivity index (χ2n) is 7.46. The van der Waals surface area contributed by atoms with Gasteiger partial charge in [0.1, 0.15) is 5.82 Å². The van der Waals surface area contributed by atoms with Gasteiger partial charge in [0, 0.05) is 42.3 Å². The third-order valence-corrected chi connectivity index (χ3v) is 4.87. The Morgan fingerprint density at radius 3 is 2.69 bits per heavy atom. The van der Waals surface area contributed by atoms with Crippen LogP contribution in [0, 0.1) is 0 Å². The topological polar surface area (TPSA) is 93.1 Å². The van der Waals surface area contributed by atoms with E-state index in [-0.39, 0.29) is 23.4 Å². The lowest BCUT2D eigenvalue weighted by atomic mass is 10.1. The Hall–Kier alpha value is -2.55. The first kappa shape index (κ1) is 21.2. The van der Waals surface area contributed by atoms with E-state index in [1.54, 1.807) is 0 Å². The highest BCUT2D eigenvalue weighted by atomic mass is 19.4. The molecule has 29 heavy (non-hydrogen) atoms. The molecular formula is C20H27F3N6. The Bertz CT molecular complexity index is 839. The second-order valence-corrected chi connectivity index (χ2v) is 7.46. The summed E-state index contributed by atoms with van der Waals surface area (Å²) in [4.78, 5) is 11.1. The quantitative estimate of drug-likeness (QED) is 0.624. The minimum atomic E-state index is -4.48. The van der Waals surface area contributed by atoms with Gasteiger partial charge in [-0.05, 0) is 43.9 Å². The van der Waals surface area contributed by atoms with E-state index in [4.69, 9.17) is 11.5 Å². The maximum atomic E-state index is 13.1. The highest BCUT2D eigenvalue weighted by Gasteiger charge is 2.31. The van der Waals surface area contributed by atoms with Crippen LogP contribution in [0.15, 0.2) is 24.3 Å². The van der Waals surface area contributed by atoms with Gasteiger partial charge in [-0.3, -0.25) is 0 Å². The molecule has 1 atom stereocenters. The fourth-order valence-corrected chi connectivity index (χ4v) is 3.42. The summed E-state index contributed by atoms with van der Waals surface area (Å²) in [5.74, 6) is 0.996. The molecule has 6 nitrogen and oxygen atoms in total. The molecule has 0 bridgehead atoms. The lowest BCUT2D eigenvalue weighted by Crippen LogP contribution is -2.43. The molecule has 1 aromatic heterocycles. The number of nitrogen functional groups attached to an aromatic ring is 1. The van der Waals surface area contributed by atoms with Gasteiger partial charge in [-0.15, -0.1) is 0 Å². The van der Waals surface area contributed by atoms with Gasteiger partial charge in [-0.25, -0.2) is 4.98 Å². The predicted molar refractivity (Wildman–Crippen MR) is 109 cm³/mol. The molecule has 3 rings (SSSR count). The number of anilines is 4. The van der Waals surface area contributed by atoms with E-state index in [1.807, 2.05) is 6.07 Å². The van der Waals surface area contributed by atoms with Gasteiger partial charge in [0.05, 0.1) is 5.56 Å². The van der Waals surface area contributed by atoms with Crippen LogP contribution in [0.4, 0.5) is 36.3 Å². The Morgan fingerprint density at radius 1 is 1.21 bits per heavy atom. The van der Waals surface area contributed by atoms with Crippen LogP contribution < -0.4 is 21.7 Å². The van der Waals surface area contributed by atoms with Crippen molar-refractivity contribution in [3.63, 3.8) is 0 Å². The number of aryl methyl sites for hydroxylation is 1. The maximum Gasteiger partial charge on any atom is 0.416 e. The molecule has 2 aromatic rings. The first-order valence-corrected chi connectivity index (χ1v) is 9.88. The molecular weight excluding hydrogens is 381 g/mol. The van der Waals surface area contributed by atoms with Gasteiger partial charge in [0.15, 0.2) is 0 Å². The van der Waals surface area contributed by atoms with E-state index in [2.05, 4.69) is 27.1 Å². The van der Waals surface area contributed by atoms with Gasteiger partial charge in [0.2, 0.25) is 5.95 Å². The molecule has 0 spiro atoms. The van der Waals surface area contributed by atoms with Crippen molar-refractivity contribution in [2.75, 3.05) is 29.0 Å². The van der Waals surface area contributed by atoms with Crippen molar-refractivity contribution in [2.45, 2.75) is 51.2 Å². The monoisotopic (exact) mass is 408 g/mol. The average molecular weight is 408 g/mol. The van der Waals surface area contributed by atoms with Crippen LogP contribution in [-0.2, 0) is 12.6 Å². The number of halogens is 3. The Labute approximate surface area is 168 Å². The number of benzene rings is 1. The number of nitrogens with two attached hydrogens (primary N) is 2. The number of aromatic nitrogens is 2. The van der Waals surface area contributed by atoms with E-state index in [0.717, 1.165) is 62.3 Å². The summed E-state index contributed by atoms with van der Waals surface area (Å²) in [6, 6.07) is 5.38. The molecule has 5 N–H and O–H groups in total. The van der Waals surface area contributed by atoms with Crippen LogP contribution in [0.1, 0.15) is 43.9 Å². The second kappa shape index (κ2) is 8.86. The van der Waals surface area contributed by atoms with Gasteiger partial charge in [0.25, 0.3) is 0 Å². The largest absolute Gasteiger partial charge is 0.416 e. The molecule has 1 aromatic carbocycles. The Kier molecular flexibility index (Phi) is 6.46. The van der Waals surface area contributed by atoms with E-state index >= 15 is 0 Å². The fourth-order valence-electron chi connectivity index (χ4n) is 3.42. The molecule has 0 saturated carbocycles. The van der Waals surface area contributed by atoms with Crippen LogP contribution in [0.3, 0.4) is 0 Å². The molecule has 9 heteroatoms. The number of nitrogens with one attached hydrogen (secondary N) is 1. The van der Waals surface area contributed by atoms with Crippen molar-refractivity contribution >= 4 is 23.1 Å². The molecule has 158 valence electrons. The minimum absolute atomic E-state index is 0.0201. The highest BCUT2D eigenvalue weighted by Crippen LogP contribution is 2.33. The van der Waals surface area contributed by atoms with Crippen LogP contribution in [-0.4, -0.2) is 29.1 Å². The number of piperidine rings is 1. The molecule has 0 amide bonds. The lowest BCUT2D eigenvalue weighted by molar-refractivity contribution is -0.137. The van der Waals surface area contributed by atoms with Crippen LogP contribution in [0.25, 0.3) is 0 Å². The standard InChI is InChI=1S/C20H27F3N6/c1-2-3-6-16-11-18(29-7-4-5-14(24)12-29)28-19(26-16)27-17-9-13(20(21,22)23)8-15(25)10-17/h8-11,14H,2-7,12,24-25H2,1H3,(H,26,27,28). The molecule has 1 fully saturated rings. The van der Waals surface area contributed by atoms with Crippen molar-refractivity contribution in [3.8, 4) is 0 Å². The maximum absolute atomic E-state index is 13.1. The van der Waals surface area contributed by atoms with E-state index < -0.39 is 11.7 Å². The summed E-state index contributed by atoms with van der Waals surface area (Å²) < 4.78 is 39.3. The summed E-state index contributed by atoms with van der Waals surface area (Å²) >= 11 is 0. The molecule has 1 aliphatic heterocycles. The Balaban J connectivity index is 1.91. The summed E-state index contributed by atoms with van der Waals surface area (Å²) in [6.07, 6.45) is 0.212. The molecule has 0 radical (unpaired) electrons. The smallest absolute Gasteiger partial charge is 0.399 e. The number of hydrogen-bond acceptors (Lipinski definition) is 6. The molecule has 1 unspecified atom stereocenters. The molecule has 0 aliphatic carbocycles. The van der Waals surface area contributed by atoms with Crippen molar-refractivity contribution in [1.82, 2.24) is 9.97 Å². The fraction of sp³-hybridized carbons (Fsp3) is 0.500. The molecule has 1 aliphatic rings. The van der Waals surface area contributed by atoms with E-state index in [1.165, 1.54) is 6.07 Å². The van der Waals surface area contributed by atoms with Crippen LogP contribution in [0.5, 0.6) is 0 Å². The summed E-state index contributed by atoms with van der Waals surface area (Å²) in [6.45, 7) is 3.63. The van der Waals surface area contributed by atoms with Gasteiger partial charge in [-0.1, -0.05) is 13.3 Å². The third-order valence-electron chi connectivity index (χ3n) is 4.87. The SMILES string of the molecule is CCCCc1cc(N2CCCC(N)C2)nc(Nc2cc(N)cc(C(F)(F)F)c2)n1. The number of unbranched alkanes of at least 4 members (excludes halogenated alkanes) is 1. The first-order valence-electron chi connectivity index (χ1n) is 9.88. The van der Waals surface area contributed by atoms with Gasteiger partial charge in [-0.2, -0.15) is 18.2 Å². The zero-order valence-electron chi connectivity index (χ0n) is 16.5. The number of nitrogens with zero attached hydrogens (tertiary/aromatic N) is 3. The minimum Gasteiger partial charge on any atom is -0.399 e. The van der Waals surface area contributed by atoms with Crippen molar-refractivity contribution in [3.05, 3.63) is 35.5 Å². The van der Waals surface area contributed by atoms with Gasteiger partial charge >= 0.3 is 6.18 Å². The van der Waals surface area contributed by atoms with E-state index in [0.29, 0.717) is 6.54 Å². The van der Waals surface area contributed by atoms with Crippen LogP contribution in [0.2, 0.25) is 0 Å². The number of alkyl halides is 3. The lowest BCUT2D eigenvalue weighted by Gasteiger charge is -2.32. The van der Waals surface area contributed by atoms with Gasteiger partial charge < -0.3 is 21.7 Å². The zero-order chi connectivity index (χ0) is 21.0. The Morgan fingerprint density at radius 2 is 2.00 bits per heavy atom. The predicted octanol–water partition coefficient (Wildman–Crippen LogP) is 4.09. The first-order chi connectivity index (χ1) is 13.7. The number of hydrogen-bond donors (Lipinski definition) is 3. The number of rotatable bonds is 6. The summed E-state index contributed by atoms with van der Waals surface area (Å²) in [7, 11) is 0.